The molecule has 1 N–H and O–H groups in total. The summed E-state index contributed by atoms with van der Waals surface area (Å²) in [5, 5.41) is 3.34. The maximum Gasteiger partial charge on any atom is 0.266 e. The average molecular weight is 343 g/mol. The summed E-state index contributed by atoms with van der Waals surface area (Å²) in [6, 6.07) is 9.21. The Balaban J connectivity index is 1.98. The molecule has 0 fully saturated rings. The zero-order valence-electron chi connectivity index (χ0n) is 13.4. The van der Waals surface area contributed by atoms with E-state index in [1.807, 2.05) is 30.3 Å². The highest BCUT2D eigenvalue weighted by atomic mass is 32.1. The lowest BCUT2D eigenvalue weighted by Crippen LogP contribution is -2.22. The van der Waals surface area contributed by atoms with Crippen LogP contribution in [0.4, 0.5) is 5.69 Å². The first-order valence-corrected chi connectivity index (χ1v) is 8.27. The van der Waals surface area contributed by atoms with E-state index in [0.717, 1.165) is 0 Å². The number of benzene rings is 1. The Hall–Kier alpha value is -2.51. The molecular weight excluding hydrogens is 326 g/mol. The minimum atomic E-state index is -0.232. The summed E-state index contributed by atoms with van der Waals surface area (Å²) in [6.45, 7) is 2.64. The number of nitrogens with zero attached hydrogens (tertiary/aromatic N) is 2. The molecule has 0 bridgehead atoms. The number of carbonyl (C=O) groups is 1. The number of aryl methyl sites for hydroxylation is 1. The summed E-state index contributed by atoms with van der Waals surface area (Å²) in [4.78, 5) is 30.5. The Kier molecular flexibility index (Phi) is 4.73. The van der Waals surface area contributed by atoms with Crippen LogP contribution < -0.4 is 10.9 Å². The SMILES string of the molecule is COCCn1cnc2sc(C(=O)Nc3ccccc3)c(C)c2c1=O. The van der Waals surface area contributed by atoms with Gasteiger partial charge in [0.25, 0.3) is 11.5 Å². The lowest BCUT2D eigenvalue weighted by atomic mass is 10.2. The van der Waals surface area contributed by atoms with E-state index in [1.54, 1.807) is 14.0 Å². The molecule has 6 nitrogen and oxygen atoms in total. The minimum absolute atomic E-state index is 0.149. The van der Waals surface area contributed by atoms with Crippen molar-refractivity contribution in [3.8, 4) is 0 Å². The monoisotopic (exact) mass is 343 g/mol. The Morgan fingerprint density at radius 1 is 1.33 bits per heavy atom. The van der Waals surface area contributed by atoms with Crippen molar-refractivity contribution in [2.24, 2.45) is 0 Å². The van der Waals surface area contributed by atoms with Crippen LogP contribution in [0, 0.1) is 6.92 Å². The number of fused-ring (bicyclic) bond motifs is 1. The summed E-state index contributed by atoms with van der Waals surface area (Å²) in [7, 11) is 1.58. The van der Waals surface area contributed by atoms with E-state index in [9.17, 15) is 9.59 Å². The van der Waals surface area contributed by atoms with Crippen LogP contribution in [-0.4, -0.2) is 29.2 Å². The van der Waals surface area contributed by atoms with Crippen LogP contribution in [0.2, 0.25) is 0 Å². The first-order valence-electron chi connectivity index (χ1n) is 7.45. The van der Waals surface area contributed by atoms with E-state index in [2.05, 4.69) is 10.3 Å². The highest BCUT2D eigenvalue weighted by molar-refractivity contribution is 7.20. The van der Waals surface area contributed by atoms with Gasteiger partial charge in [0, 0.05) is 12.8 Å². The summed E-state index contributed by atoms with van der Waals surface area (Å²) in [5.41, 5.74) is 1.22. The molecule has 0 atom stereocenters. The summed E-state index contributed by atoms with van der Waals surface area (Å²) in [6.07, 6.45) is 1.50. The number of nitrogens with one attached hydrogen (secondary N) is 1. The van der Waals surface area contributed by atoms with E-state index >= 15 is 0 Å². The zero-order valence-corrected chi connectivity index (χ0v) is 14.2. The number of para-hydroxylation sites is 1. The first kappa shape index (κ1) is 16.4. The van der Waals surface area contributed by atoms with E-state index in [4.69, 9.17) is 4.74 Å². The second kappa shape index (κ2) is 6.94. The molecule has 0 saturated carbocycles. The third-order valence-electron chi connectivity index (χ3n) is 3.69. The van der Waals surface area contributed by atoms with Gasteiger partial charge in [-0.2, -0.15) is 0 Å². The van der Waals surface area contributed by atoms with Crippen LogP contribution in [0.1, 0.15) is 15.2 Å². The molecule has 2 aromatic heterocycles. The number of ether oxygens (including phenoxy) is 1. The number of hydrogen-bond acceptors (Lipinski definition) is 5. The quantitative estimate of drug-likeness (QED) is 0.773. The van der Waals surface area contributed by atoms with Crippen molar-refractivity contribution in [1.82, 2.24) is 9.55 Å². The molecule has 0 spiro atoms. The third kappa shape index (κ3) is 3.08. The van der Waals surface area contributed by atoms with Crippen molar-refractivity contribution in [3.63, 3.8) is 0 Å². The van der Waals surface area contributed by atoms with E-state index in [1.165, 1.54) is 22.2 Å². The van der Waals surface area contributed by atoms with Gasteiger partial charge in [-0.3, -0.25) is 14.2 Å². The van der Waals surface area contributed by atoms with E-state index < -0.39 is 0 Å². The van der Waals surface area contributed by atoms with Gasteiger partial charge < -0.3 is 10.1 Å². The van der Waals surface area contributed by atoms with Crippen LogP contribution in [0.5, 0.6) is 0 Å². The minimum Gasteiger partial charge on any atom is -0.383 e. The molecule has 0 aliphatic carbocycles. The number of thiophene rings is 1. The molecule has 0 aliphatic rings. The molecule has 3 rings (SSSR count). The van der Waals surface area contributed by atoms with Gasteiger partial charge in [0.2, 0.25) is 0 Å². The van der Waals surface area contributed by atoms with Gasteiger partial charge in [-0.15, -0.1) is 11.3 Å². The fourth-order valence-corrected chi connectivity index (χ4v) is 3.47. The molecule has 2 heterocycles. The number of aromatic nitrogens is 2. The first-order chi connectivity index (χ1) is 11.6. The highest BCUT2D eigenvalue weighted by Crippen LogP contribution is 2.27. The molecule has 0 saturated heterocycles. The maximum absolute atomic E-state index is 12.6. The molecule has 0 unspecified atom stereocenters. The van der Waals surface area contributed by atoms with Crippen molar-refractivity contribution in [1.29, 1.82) is 0 Å². The van der Waals surface area contributed by atoms with Crippen molar-refractivity contribution in [2.75, 3.05) is 19.0 Å². The standard InChI is InChI=1S/C17H17N3O3S/c1-11-13-16(18-10-20(17(13)22)8-9-23-2)24-14(11)15(21)19-12-6-4-3-5-7-12/h3-7,10H,8-9H2,1-2H3,(H,19,21). The highest BCUT2D eigenvalue weighted by Gasteiger charge is 2.19. The molecule has 24 heavy (non-hydrogen) atoms. The molecule has 124 valence electrons. The zero-order chi connectivity index (χ0) is 17.1. The molecule has 0 radical (unpaired) electrons. The van der Waals surface area contributed by atoms with Gasteiger partial charge in [0.05, 0.1) is 29.7 Å². The van der Waals surface area contributed by atoms with Gasteiger partial charge in [-0.05, 0) is 24.6 Å². The topological polar surface area (TPSA) is 73.2 Å². The van der Waals surface area contributed by atoms with Crippen molar-refractivity contribution in [3.05, 3.63) is 57.5 Å². The summed E-state index contributed by atoms with van der Waals surface area (Å²) < 4.78 is 6.51. The predicted molar refractivity (Wildman–Crippen MR) is 94.9 cm³/mol. The molecule has 7 heteroatoms. The van der Waals surface area contributed by atoms with Gasteiger partial charge in [-0.1, -0.05) is 18.2 Å². The normalized spacial score (nSPS) is 10.9. The lowest BCUT2D eigenvalue weighted by molar-refractivity contribution is 0.103. The van der Waals surface area contributed by atoms with E-state index in [0.29, 0.717) is 39.5 Å². The smallest absolute Gasteiger partial charge is 0.266 e. The number of carbonyl (C=O) groups excluding carboxylic acids is 1. The fraction of sp³-hybridized carbons (Fsp3) is 0.235. The van der Waals surface area contributed by atoms with Gasteiger partial charge in [0.15, 0.2) is 0 Å². The van der Waals surface area contributed by atoms with Crippen LogP contribution in [0.3, 0.4) is 0 Å². The van der Waals surface area contributed by atoms with Crippen LogP contribution in [0.25, 0.3) is 10.2 Å². The Morgan fingerprint density at radius 2 is 2.08 bits per heavy atom. The average Bonchev–Trinajstić information content (AvgIpc) is 2.93. The summed E-state index contributed by atoms with van der Waals surface area (Å²) in [5.74, 6) is -0.232. The summed E-state index contributed by atoms with van der Waals surface area (Å²) >= 11 is 1.23. The Bertz CT molecular complexity index is 931. The predicted octanol–water partition coefficient (Wildman–Crippen LogP) is 2.67. The second-order valence-corrected chi connectivity index (χ2v) is 6.29. The van der Waals surface area contributed by atoms with Gasteiger partial charge in [0.1, 0.15) is 4.83 Å². The molecular formula is C17H17N3O3S. The van der Waals surface area contributed by atoms with Crippen molar-refractivity contribution >= 4 is 33.1 Å². The largest absolute Gasteiger partial charge is 0.383 e. The Morgan fingerprint density at radius 3 is 2.79 bits per heavy atom. The fourth-order valence-electron chi connectivity index (χ4n) is 2.43. The number of amides is 1. The molecule has 1 amide bonds. The second-order valence-electron chi connectivity index (χ2n) is 5.29. The number of hydrogen-bond donors (Lipinski definition) is 1. The van der Waals surface area contributed by atoms with E-state index in [-0.39, 0.29) is 11.5 Å². The lowest BCUT2D eigenvalue weighted by Gasteiger charge is -2.04. The molecule has 1 aromatic carbocycles. The van der Waals surface area contributed by atoms with Gasteiger partial charge >= 0.3 is 0 Å². The number of methoxy groups -OCH3 is 1. The van der Waals surface area contributed by atoms with Crippen LogP contribution in [0.15, 0.2) is 41.5 Å². The number of rotatable bonds is 5. The van der Waals surface area contributed by atoms with Crippen LogP contribution >= 0.6 is 11.3 Å². The maximum atomic E-state index is 12.6. The van der Waals surface area contributed by atoms with Crippen molar-refractivity contribution in [2.45, 2.75) is 13.5 Å². The van der Waals surface area contributed by atoms with Crippen LogP contribution in [-0.2, 0) is 11.3 Å². The number of anilines is 1. The third-order valence-corrected chi connectivity index (χ3v) is 4.89. The van der Waals surface area contributed by atoms with Crippen molar-refractivity contribution < 1.29 is 9.53 Å². The molecule has 0 aliphatic heterocycles. The Labute approximate surface area is 142 Å². The molecule has 3 aromatic rings. The van der Waals surface area contributed by atoms with Gasteiger partial charge in [-0.25, -0.2) is 4.98 Å².